The number of hydrogen-bond donors (Lipinski definition) is 1. The average Bonchev–Trinajstić information content (AvgIpc) is 2.27. The molecular weight excluding hydrogens is 256 g/mol. The summed E-state index contributed by atoms with van der Waals surface area (Å²) in [7, 11) is 0. The van der Waals surface area contributed by atoms with Gasteiger partial charge < -0.3 is 5.11 Å². The number of benzene rings is 1. The Morgan fingerprint density at radius 2 is 2.20 bits per heavy atom. The summed E-state index contributed by atoms with van der Waals surface area (Å²) in [6.45, 7) is 3.65. The molecule has 0 saturated carbocycles. The van der Waals surface area contributed by atoms with E-state index < -0.39 is 0 Å². The van der Waals surface area contributed by atoms with E-state index in [1.54, 1.807) is 6.92 Å². The molecule has 1 aromatic carbocycles. The second kappa shape index (κ2) is 5.42. The minimum atomic E-state index is -0.236. The molecule has 0 aromatic heterocycles. The summed E-state index contributed by atoms with van der Waals surface area (Å²) in [6, 6.07) is 5.71. The lowest BCUT2D eigenvalue weighted by molar-refractivity contribution is -0.116. The van der Waals surface area contributed by atoms with Crippen molar-refractivity contribution in [1.29, 1.82) is 0 Å². The second-order valence-corrected chi connectivity index (χ2v) is 4.43. The summed E-state index contributed by atoms with van der Waals surface area (Å²) >= 11 is 3.38. The maximum absolute atomic E-state index is 11.3. The first-order chi connectivity index (χ1) is 7.10. The van der Waals surface area contributed by atoms with E-state index in [1.165, 1.54) is 0 Å². The molecule has 1 aromatic rings. The Hall–Kier alpha value is -0.670. The number of ketones is 1. The number of aliphatic hydroxyl groups excluding tert-OH is 1. The van der Waals surface area contributed by atoms with Gasteiger partial charge in [-0.2, -0.15) is 0 Å². The zero-order valence-corrected chi connectivity index (χ0v) is 10.5. The fourth-order valence-corrected chi connectivity index (χ4v) is 1.98. The predicted octanol–water partition coefficient (Wildman–Crippen LogP) is 2.77. The Kier molecular flexibility index (Phi) is 4.48. The SMILES string of the molecule is CCc1cc(CO)ccc1C(Br)C(C)=O. The molecule has 0 aliphatic rings. The molecule has 1 unspecified atom stereocenters. The number of carbonyl (C=O) groups is 1. The highest BCUT2D eigenvalue weighted by Gasteiger charge is 2.15. The van der Waals surface area contributed by atoms with Gasteiger partial charge in [-0.25, -0.2) is 0 Å². The van der Waals surface area contributed by atoms with E-state index in [2.05, 4.69) is 15.9 Å². The van der Waals surface area contributed by atoms with Crippen LogP contribution in [-0.4, -0.2) is 10.9 Å². The summed E-state index contributed by atoms with van der Waals surface area (Å²) in [4.78, 5) is 11.0. The van der Waals surface area contributed by atoms with Gasteiger partial charge in [0.15, 0.2) is 0 Å². The molecule has 0 heterocycles. The van der Waals surface area contributed by atoms with Crippen LogP contribution >= 0.6 is 15.9 Å². The second-order valence-electron chi connectivity index (χ2n) is 3.52. The van der Waals surface area contributed by atoms with Gasteiger partial charge in [0.25, 0.3) is 0 Å². The molecule has 2 nitrogen and oxygen atoms in total. The van der Waals surface area contributed by atoms with Gasteiger partial charge >= 0.3 is 0 Å². The van der Waals surface area contributed by atoms with Crippen molar-refractivity contribution in [1.82, 2.24) is 0 Å². The molecule has 0 fully saturated rings. The molecule has 0 amide bonds. The first kappa shape index (κ1) is 12.4. The molecule has 0 aliphatic carbocycles. The molecule has 1 rings (SSSR count). The van der Waals surface area contributed by atoms with Crippen LogP contribution in [0.1, 0.15) is 35.4 Å². The highest BCUT2D eigenvalue weighted by atomic mass is 79.9. The van der Waals surface area contributed by atoms with E-state index in [4.69, 9.17) is 5.11 Å². The monoisotopic (exact) mass is 270 g/mol. The molecule has 0 saturated heterocycles. The number of alkyl halides is 1. The standard InChI is InChI=1S/C12H15BrO2/c1-3-10-6-9(7-14)4-5-11(10)12(13)8(2)15/h4-6,12,14H,3,7H2,1-2H3. The summed E-state index contributed by atoms with van der Waals surface area (Å²) < 4.78 is 0. The van der Waals surface area contributed by atoms with Crippen LogP contribution in [0.2, 0.25) is 0 Å². The van der Waals surface area contributed by atoms with Crippen LogP contribution in [-0.2, 0) is 17.8 Å². The molecule has 1 atom stereocenters. The third-order valence-corrected chi connectivity index (χ3v) is 3.54. The van der Waals surface area contributed by atoms with Gasteiger partial charge in [-0.3, -0.25) is 4.79 Å². The van der Waals surface area contributed by atoms with E-state index in [1.807, 2.05) is 25.1 Å². The predicted molar refractivity (Wildman–Crippen MR) is 64.1 cm³/mol. The van der Waals surface area contributed by atoms with Crippen LogP contribution in [0.25, 0.3) is 0 Å². The lowest BCUT2D eigenvalue weighted by atomic mass is 9.98. The van der Waals surface area contributed by atoms with Gasteiger partial charge in [0, 0.05) is 0 Å². The van der Waals surface area contributed by atoms with E-state index >= 15 is 0 Å². The van der Waals surface area contributed by atoms with Crippen LogP contribution in [0, 0.1) is 0 Å². The molecule has 3 heteroatoms. The van der Waals surface area contributed by atoms with Gasteiger partial charge in [0.1, 0.15) is 5.78 Å². The zero-order chi connectivity index (χ0) is 11.4. The minimum Gasteiger partial charge on any atom is -0.392 e. The van der Waals surface area contributed by atoms with Crippen LogP contribution in [0.3, 0.4) is 0 Å². The van der Waals surface area contributed by atoms with Crippen LogP contribution in [0.5, 0.6) is 0 Å². The summed E-state index contributed by atoms with van der Waals surface area (Å²) in [5.74, 6) is 0.0986. The maximum Gasteiger partial charge on any atom is 0.147 e. The van der Waals surface area contributed by atoms with Crippen molar-refractivity contribution in [2.45, 2.75) is 31.7 Å². The summed E-state index contributed by atoms with van der Waals surface area (Å²) in [6.07, 6.45) is 0.860. The van der Waals surface area contributed by atoms with Crippen LogP contribution < -0.4 is 0 Å². The number of aryl methyl sites for hydroxylation is 1. The topological polar surface area (TPSA) is 37.3 Å². The zero-order valence-electron chi connectivity index (χ0n) is 8.96. The number of carbonyl (C=O) groups excluding carboxylic acids is 1. The summed E-state index contributed by atoms with van der Waals surface area (Å²) in [5, 5.41) is 9.02. The van der Waals surface area contributed by atoms with Gasteiger partial charge in [-0.1, -0.05) is 41.1 Å². The maximum atomic E-state index is 11.3. The quantitative estimate of drug-likeness (QED) is 0.855. The van der Waals surface area contributed by atoms with Crippen molar-refractivity contribution < 1.29 is 9.90 Å². The molecular formula is C12H15BrO2. The van der Waals surface area contributed by atoms with Crippen molar-refractivity contribution in [3.8, 4) is 0 Å². The Morgan fingerprint density at radius 3 is 2.67 bits per heavy atom. The van der Waals surface area contributed by atoms with Crippen molar-refractivity contribution in [3.63, 3.8) is 0 Å². The van der Waals surface area contributed by atoms with E-state index in [0.29, 0.717) is 0 Å². The van der Waals surface area contributed by atoms with E-state index in [9.17, 15) is 4.79 Å². The van der Waals surface area contributed by atoms with Crippen molar-refractivity contribution in [2.75, 3.05) is 0 Å². The Morgan fingerprint density at radius 1 is 1.53 bits per heavy atom. The van der Waals surface area contributed by atoms with Crippen LogP contribution in [0.4, 0.5) is 0 Å². The van der Waals surface area contributed by atoms with Gasteiger partial charge in [-0.15, -0.1) is 0 Å². The third-order valence-electron chi connectivity index (χ3n) is 2.40. The Balaban J connectivity index is 3.12. The Labute approximate surface area is 98.4 Å². The number of hydrogen-bond acceptors (Lipinski definition) is 2. The number of rotatable bonds is 4. The average molecular weight is 271 g/mol. The fourth-order valence-electron chi connectivity index (χ4n) is 1.53. The lowest BCUT2D eigenvalue weighted by Crippen LogP contribution is -2.05. The largest absolute Gasteiger partial charge is 0.392 e. The smallest absolute Gasteiger partial charge is 0.147 e. The number of aliphatic hydroxyl groups is 1. The highest BCUT2D eigenvalue weighted by molar-refractivity contribution is 9.09. The van der Waals surface area contributed by atoms with E-state index in [0.717, 1.165) is 23.1 Å². The molecule has 0 spiro atoms. The van der Waals surface area contributed by atoms with Crippen molar-refractivity contribution >= 4 is 21.7 Å². The third kappa shape index (κ3) is 2.89. The molecule has 0 radical (unpaired) electrons. The molecule has 0 aliphatic heterocycles. The molecule has 1 N–H and O–H groups in total. The lowest BCUT2D eigenvalue weighted by Gasteiger charge is -2.12. The minimum absolute atomic E-state index is 0.0420. The van der Waals surface area contributed by atoms with Crippen molar-refractivity contribution in [3.05, 3.63) is 34.9 Å². The first-order valence-electron chi connectivity index (χ1n) is 4.97. The molecule has 0 bridgehead atoms. The Bertz CT molecular complexity index is 361. The number of Topliss-reactive ketones (excluding diaryl/α,β-unsaturated/α-hetero) is 1. The van der Waals surface area contributed by atoms with E-state index in [-0.39, 0.29) is 17.2 Å². The molecule has 15 heavy (non-hydrogen) atoms. The first-order valence-corrected chi connectivity index (χ1v) is 5.88. The normalized spacial score (nSPS) is 12.5. The number of halogens is 1. The molecule has 82 valence electrons. The van der Waals surface area contributed by atoms with Gasteiger partial charge in [0.2, 0.25) is 0 Å². The summed E-state index contributed by atoms with van der Waals surface area (Å²) in [5.41, 5.74) is 3.00. The van der Waals surface area contributed by atoms with Crippen LogP contribution in [0.15, 0.2) is 18.2 Å². The van der Waals surface area contributed by atoms with Gasteiger partial charge in [0.05, 0.1) is 11.4 Å². The van der Waals surface area contributed by atoms with Crippen molar-refractivity contribution in [2.24, 2.45) is 0 Å². The van der Waals surface area contributed by atoms with Gasteiger partial charge in [-0.05, 0) is 30.0 Å². The fraction of sp³-hybridized carbons (Fsp3) is 0.417. The highest BCUT2D eigenvalue weighted by Crippen LogP contribution is 2.28.